The molecule has 0 radical (unpaired) electrons. The van der Waals surface area contributed by atoms with Gasteiger partial charge in [0.25, 0.3) is 5.91 Å². The number of rotatable bonds is 7. The Labute approximate surface area is 150 Å². The third-order valence-corrected chi connectivity index (χ3v) is 3.28. The van der Waals surface area contributed by atoms with E-state index < -0.39 is 11.6 Å². The van der Waals surface area contributed by atoms with E-state index in [0.717, 1.165) is 0 Å². The van der Waals surface area contributed by atoms with Gasteiger partial charge in [-0.3, -0.25) is 9.59 Å². The zero-order valence-corrected chi connectivity index (χ0v) is 16.2. The number of nitrogens with zero attached hydrogens (tertiary/aromatic N) is 1. The van der Waals surface area contributed by atoms with Gasteiger partial charge in [-0.1, -0.05) is 0 Å². The van der Waals surface area contributed by atoms with Gasteiger partial charge in [0.05, 0.1) is 13.7 Å². The first kappa shape index (κ1) is 20.8. The van der Waals surface area contributed by atoms with Gasteiger partial charge in [-0.05, 0) is 53.7 Å². The number of hydrogen-bond acceptors (Lipinski definition) is 5. The van der Waals surface area contributed by atoms with Crippen molar-refractivity contribution in [2.24, 2.45) is 0 Å². The Morgan fingerprint density at radius 3 is 2.20 bits per heavy atom. The van der Waals surface area contributed by atoms with Crippen molar-refractivity contribution in [1.82, 2.24) is 4.90 Å². The molecule has 140 valence electrons. The van der Waals surface area contributed by atoms with Crippen LogP contribution in [0.1, 0.15) is 51.9 Å². The van der Waals surface area contributed by atoms with Gasteiger partial charge in [0.15, 0.2) is 0 Å². The lowest BCUT2D eigenvalue weighted by atomic mass is 10.1. The predicted molar refractivity (Wildman–Crippen MR) is 96.2 cm³/mol. The van der Waals surface area contributed by atoms with E-state index in [2.05, 4.69) is 0 Å². The summed E-state index contributed by atoms with van der Waals surface area (Å²) in [6.07, 6.45) is 0. The molecule has 0 unspecified atom stereocenters. The topological polar surface area (TPSA) is 65.1 Å². The van der Waals surface area contributed by atoms with Gasteiger partial charge in [0.2, 0.25) is 0 Å². The van der Waals surface area contributed by atoms with Gasteiger partial charge >= 0.3 is 5.97 Å². The Morgan fingerprint density at radius 2 is 1.72 bits per heavy atom. The molecule has 0 bridgehead atoms. The van der Waals surface area contributed by atoms with Crippen LogP contribution >= 0.6 is 0 Å². The second kappa shape index (κ2) is 8.74. The fourth-order valence-corrected chi connectivity index (χ4v) is 2.23. The molecular weight excluding hydrogens is 322 g/mol. The van der Waals surface area contributed by atoms with E-state index in [1.807, 2.05) is 34.6 Å². The van der Waals surface area contributed by atoms with Crippen molar-refractivity contribution in [2.75, 3.05) is 20.3 Å². The molecule has 0 aliphatic rings. The maximum atomic E-state index is 12.9. The zero-order chi connectivity index (χ0) is 19.2. The molecular formula is C19H29NO5. The highest BCUT2D eigenvalue weighted by molar-refractivity contribution is 5.97. The van der Waals surface area contributed by atoms with Gasteiger partial charge in [-0.2, -0.15) is 0 Å². The van der Waals surface area contributed by atoms with Crippen molar-refractivity contribution in [3.05, 3.63) is 23.8 Å². The van der Waals surface area contributed by atoms with Crippen LogP contribution in [0.5, 0.6) is 11.5 Å². The van der Waals surface area contributed by atoms with E-state index in [4.69, 9.17) is 14.2 Å². The lowest BCUT2D eigenvalue weighted by molar-refractivity contribution is -0.144. The largest absolute Gasteiger partial charge is 0.497 e. The van der Waals surface area contributed by atoms with Crippen molar-refractivity contribution in [3.63, 3.8) is 0 Å². The van der Waals surface area contributed by atoms with Crippen LogP contribution in [0.3, 0.4) is 0 Å². The van der Waals surface area contributed by atoms with E-state index in [1.54, 1.807) is 25.1 Å². The normalized spacial score (nSPS) is 11.2. The van der Waals surface area contributed by atoms with Crippen LogP contribution in [0, 0.1) is 0 Å². The van der Waals surface area contributed by atoms with Gasteiger partial charge in [0, 0.05) is 17.7 Å². The fraction of sp³-hybridized carbons (Fsp3) is 0.579. The number of amides is 1. The summed E-state index contributed by atoms with van der Waals surface area (Å²) in [6.45, 7) is 11.4. The molecule has 6 nitrogen and oxygen atoms in total. The summed E-state index contributed by atoms with van der Waals surface area (Å²) in [5.41, 5.74) is -0.00776. The Balaban J connectivity index is 3.15. The SMILES string of the molecule is CCOC(=O)CN(C(=O)c1cc(OC)cc(OC(C)(C)C)c1)C(C)C. The molecule has 0 aliphatic heterocycles. The minimum Gasteiger partial charge on any atom is -0.497 e. The maximum absolute atomic E-state index is 12.9. The van der Waals surface area contributed by atoms with E-state index in [-0.39, 0.29) is 25.1 Å². The summed E-state index contributed by atoms with van der Waals surface area (Å²) in [7, 11) is 1.53. The van der Waals surface area contributed by atoms with Gasteiger partial charge in [0.1, 0.15) is 23.6 Å². The van der Waals surface area contributed by atoms with Crippen molar-refractivity contribution < 1.29 is 23.8 Å². The van der Waals surface area contributed by atoms with Crippen molar-refractivity contribution >= 4 is 11.9 Å². The number of benzene rings is 1. The fourth-order valence-electron chi connectivity index (χ4n) is 2.23. The molecule has 0 saturated carbocycles. The Morgan fingerprint density at radius 1 is 1.12 bits per heavy atom. The van der Waals surface area contributed by atoms with E-state index in [9.17, 15) is 9.59 Å². The van der Waals surface area contributed by atoms with E-state index in [1.165, 1.54) is 12.0 Å². The van der Waals surface area contributed by atoms with Crippen LogP contribution in [0.2, 0.25) is 0 Å². The molecule has 6 heteroatoms. The highest BCUT2D eigenvalue weighted by atomic mass is 16.5. The van der Waals surface area contributed by atoms with Crippen molar-refractivity contribution in [1.29, 1.82) is 0 Å². The molecule has 0 spiro atoms. The van der Waals surface area contributed by atoms with Crippen molar-refractivity contribution in [3.8, 4) is 11.5 Å². The molecule has 1 rings (SSSR count). The molecule has 1 aromatic rings. The van der Waals surface area contributed by atoms with Crippen LogP contribution in [0.15, 0.2) is 18.2 Å². The maximum Gasteiger partial charge on any atom is 0.325 e. The Bertz CT molecular complexity index is 604. The minimum atomic E-state index is -0.432. The highest BCUT2D eigenvalue weighted by Gasteiger charge is 2.24. The molecule has 0 N–H and O–H groups in total. The minimum absolute atomic E-state index is 0.100. The second-order valence-electron chi connectivity index (χ2n) is 6.94. The van der Waals surface area contributed by atoms with Crippen molar-refractivity contribution in [2.45, 2.75) is 53.2 Å². The van der Waals surface area contributed by atoms with E-state index in [0.29, 0.717) is 17.1 Å². The quantitative estimate of drug-likeness (QED) is 0.705. The number of carbonyl (C=O) groups is 2. The van der Waals surface area contributed by atoms with Gasteiger partial charge in [-0.25, -0.2) is 0 Å². The van der Waals surface area contributed by atoms with Crippen LogP contribution in [-0.2, 0) is 9.53 Å². The first-order valence-corrected chi connectivity index (χ1v) is 8.42. The number of carbonyl (C=O) groups excluding carboxylic acids is 2. The molecule has 0 fully saturated rings. The number of ether oxygens (including phenoxy) is 3. The third kappa shape index (κ3) is 6.64. The number of hydrogen-bond donors (Lipinski definition) is 0. The summed E-state index contributed by atoms with van der Waals surface area (Å²) < 4.78 is 16.1. The molecule has 1 amide bonds. The van der Waals surface area contributed by atoms with Crippen LogP contribution in [0.25, 0.3) is 0 Å². The first-order chi connectivity index (χ1) is 11.6. The summed E-state index contributed by atoms with van der Waals surface area (Å²) in [4.78, 5) is 26.2. The lowest BCUT2D eigenvalue weighted by Crippen LogP contribution is -2.41. The molecule has 1 aromatic carbocycles. The van der Waals surface area contributed by atoms with E-state index >= 15 is 0 Å². The van der Waals surface area contributed by atoms with Crippen LogP contribution in [-0.4, -0.2) is 48.7 Å². The summed E-state index contributed by atoms with van der Waals surface area (Å²) in [5.74, 6) is 0.347. The summed E-state index contributed by atoms with van der Waals surface area (Å²) in [5, 5.41) is 0. The zero-order valence-electron chi connectivity index (χ0n) is 16.2. The predicted octanol–water partition coefficient (Wildman–Crippen LogP) is 3.29. The Hall–Kier alpha value is -2.24. The average molecular weight is 351 g/mol. The molecule has 0 heterocycles. The van der Waals surface area contributed by atoms with Crippen LogP contribution in [0.4, 0.5) is 0 Å². The summed E-state index contributed by atoms with van der Waals surface area (Å²) in [6, 6.07) is 4.87. The molecule has 0 aromatic heterocycles. The average Bonchev–Trinajstić information content (AvgIpc) is 2.49. The smallest absolute Gasteiger partial charge is 0.325 e. The summed E-state index contributed by atoms with van der Waals surface area (Å²) >= 11 is 0. The van der Waals surface area contributed by atoms with Crippen LogP contribution < -0.4 is 9.47 Å². The molecule has 0 saturated heterocycles. The van der Waals surface area contributed by atoms with Gasteiger partial charge < -0.3 is 19.1 Å². The number of esters is 1. The molecule has 25 heavy (non-hydrogen) atoms. The third-order valence-electron chi connectivity index (χ3n) is 3.28. The Kier molecular flexibility index (Phi) is 7.27. The first-order valence-electron chi connectivity index (χ1n) is 8.42. The monoisotopic (exact) mass is 351 g/mol. The molecule has 0 aliphatic carbocycles. The standard InChI is InChI=1S/C19H29NO5/c1-8-24-17(21)12-20(13(2)3)18(22)14-9-15(23-7)11-16(10-14)25-19(4,5)6/h9-11,13H,8,12H2,1-7H3. The second-order valence-corrected chi connectivity index (χ2v) is 6.94. The number of methoxy groups -OCH3 is 1. The lowest BCUT2D eigenvalue weighted by Gasteiger charge is -2.27. The molecule has 0 atom stereocenters. The van der Waals surface area contributed by atoms with Gasteiger partial charge in [-0.15, -0.1) is 0 Å². The highest BCUT2D eigenvalue weighted by Crippen LogP contribution is 2.27.